The predicted octanol–water partition coefficient (Wildman–Crippen LogP) is 8.85. The molecule has 0 aliphatic rings. The van der Waals surface area contributed by atoms with Gasteiger partial charge in [0.1, 0.15) is 12.2 Å². The predicted molar refractivity (Wildman–Crippen MR) is 187 cm³/mol. The number of ether oxygens (including phenoxy) is 2. The molecule has 0 spiro atoms. The van der Waals surface area contributed by atoms with Crippen molar-refractivity contribution in [2.24, 2.45) is 0 Å². The van der Waals surface area contributed by atoms with Crippen LogP contribution in [0.25, 0.3) is 0 Å². The zero-order chi connectivity index (χ0) is 34.2. The van der Waals surface area contributed by atoms with Crippen molar-refractivity contribution in [3.8, 4) is 0 Å². The quantitative estimate of drug-likeness (QED) is 0.120. The molecule has 248 valence electrons. The van der Waals surface area contributed by atoms with E-state index in [1.807, 2.05) is 52.0 Å². The molecule has 0 saturated heterocycles. The summed E-state index contributed by atoms with van der Waals surface area (Å²) >= 11 is 0. The second-order valence-corrected chi connectivity index (χ2v) is 10.9. The van der Waals surface area contributed by atoms with Gasteiger partial charge in [0.2, 0.25) is 0 Å². The normalized spacial score (nSPS) is 11.5. The van der Waals surface area contributed by atoms with E-state index in [2.05, 4.69) is 13.8 Å². The van der Waals surface area contributed by atoms with Gasteiger partial charge in [-0.05, 0) is 51.7 Å². The lowest BCUT2D eigenvalue weighted by Gasteiger charge is -2.09. The number of Topliss-reactive ketones (excluding diaryl/α,β-unsaturated/α-hetero) is 2. The standard InChI is InChI=1S/2C14H12O2.2C6H14O/c2*15-13(11-7-3-1-4-8-11)14(16)12-9-5-2-6-10-12;1-5(2)7-6(3)4;1-3-5-7-6-4-2/h2*1-10,13,15H;5-6H,1-4H3;3-6H2,1-2H3. The molecule has 0 aromatic heterocycles. The summed E-state index contributed by atoms with van der Waals surface area (Å²) in [7, 11) is 0. The molecule has 4 aromatic rings. The highest BCUT2D eigenvalue weighted by atomic mass is 16.5. The van der Waals surface area contributed by atoms with E-state index in [1.165, 1.54) is 0 Å². The van der Waals surface area contributed by atoms with Crippen molar-refractivity contribution in [1.29, 1.82) is 0 Å². The van der Waals surface area contributed by atoms with Crippen LogP contribution in [0.1, 0.15) is 98.4 Å². The summed E-state index contributed by atoms with van der Waals surface area (Å²) in [4.78, 5) is 23.8. The van der Waals surface area contributed by atoms with Crippen molar-refractivity contribution in [1.82, 2.24) is 0 Å². The molecule has 0 amide bonds. The lowest BCUT2D eigenvalue weighted by atomic mass is 10.0. The maximum Gasteiger partial charge on any atom is 0.195 e. The Kier molecular flexibility index (Phi) is 21.2. The van der Waals surface area contributed by atoms with Crippen LogP contribution < -0.4 is 0 Å². The number of aliphatic hydroxyl groups is 2. The fraction of sp³-hybridized carbons (Fsp3) is 0.350. The lowest BCUT2D eigenvalue weighted by molar-refractivity contribution is 0.0300. The van der Waals surface area contributed by atoms with E-state index in [0.717, 1.165) is 26.1 Å². The molecular weight excluding hydrogens is 576 g/mol. The van der Waals surface area contributed by atoms with Gasteiger partial charge < -0.3 is 19.7 Å². The minimum absolute atomic E-state index is 0.271. The number of carbonyl (C=O) groups excluding carboxylic acids is 2. The third-order valence-corrected chi connectivity index (χ3v) is 6.09. The van der Waals surface area contributed by atoms with E-state index in [4.69, 9.17) is 9.47 Å². The highest BCUT2D eigenvalue weighted by Crippen LogP contribution is 2.18. The average Bonchev–Trinajstić information content (AvgIpc) is 3.09. The van der Waals surface area contributed by atoms with E-state index in [-0.39, 0.29) is 11.6 Å². The van der Waals surface area contributed by atoms with Gasteiger partial charge in [-0.25, -0.2) is 0 Å². The molecule has 2 atom stereocenters. The fourth-order valence-electron chi connectivity index (χ4n) is 4.03. The number of hydrogen-bond acceptors (Lipinski definition) is 6. The molecule has 0 radical (unpaired) electrons. The van der Waals surface area contributed by atoms with Gasteiger partial charge in [-0.3, -0.25) is 9.59 Å². The summed E-state index contributed by atoms with van der Waals surface area (Å²) in [6, 6.07) is 35.5. The zero-order valence-electron chi connectivity index (χ0n) is 28.2. The minimum Gasteiger partial charge on any atom is -0.381 e. The van der Waals surface area contributed by atoms with Gasteiger partial charge in [-0.2, -0.15) is 0 Å². The van der Waals surface area contributed by atoms with Crippen LogP contribution in [-0.2, 0) is 9.47 Å². The molecule has 0 aliphatic carbocycles. The molecule has 0 saturated carbocycles. The first kappa shape index (κ1) is 40.1. The van der Waals surface area contributed by atoms with Crippen molar-refractivity contribution >= 4 is 11.6 Å². The highest BCUT2D eigenvalue weighted by molar-refractivity contribution is 6.00. The van der Waals surface area contributed by atoms with Crippen molar-refractivity contribution in [3.63, 3.8) is 0 Å². The molecule has 0 bridgehead atoms. The molecule has 2 N–H and O–H groups in total. The number of carbonyl (C=O) groups is 2. The molecule has 2 unspecified atom stereocenters. The third kappa shape index (κ3) is 16.9. The number of rotatable bonds is 12. The zero-order valence-corrected chi connectivity index (χ0v) is 28.2. The fourth-order valence-corrected chi connectivity index (χ4v) is 4.03. The Balaban J connectivity index is 0.000000331. The minimum atomic E-state index is -1.08. The van der Waals surface area contributed by atoms with E-state index in [0.29, 0.717) is 34.5 Å². The Morgan fingerprint density at radius 2 is 0.804 bits per heavy atom. The Bertz CT molecular complexity index is 1210. The molecule has 0 aliphatic heterocycles. The number of benzene rings is 4. The number of ketones is 2. The van der Waals surface area contributed by atoms with Crippen molar-refractivity contribution in [3.05, 3.63) is 144 Å². The van der Waals surface area contributed by atoms with Gasteiger partial charge in [0.25, 0.3) is 0 Å². The average molecular weight is 629 g/mol. The summed E-state index contributed by atoms with van der Waals surface area (Å²) < 4.78 is 10.4. The van der Waals surface area contributed by atoms with E-state index in [9.17, 15) is 19.8 Å². The van der Waals surface area contributed by atoms with Crippen LogP contribution >= 0.6 is 0 Å². The lowest BCUT2D eigenvalue weighted by Crippen LogP contribution is -2.11. The van der Waals surface area contributed by atoms with Crippen molar-refractivity contribution < 1.29 is 29.3 Å². The first-order chi connectivity index (χ1) is 22.1. The van der Waals surface area contributed by atoms with Crippen LogP contribution in [0.2, 0.25) is 0 Å². The van der Waals surface area contributed by atoms with Crippen LogP contribution in [-0.4, -0.2) is 47.2 Å². The maximum absolute atomic E-state index is 11.9. The summed E-state index contributed by atoms with van der Waals surface area (Å²) in [6.45, 7) is 14.3. The summed E-state index contributed by atoms with van der Waals surface area (Å²) in [6.07, 6.45) is 0.868. The number of hydrogen-bond donors (Lipinski definition) is 2. The van der Waals surface area contributed by atoms with E-state index < -0.39 is 12.2 Å². The van der Waals surface area contributed by atoms with Gasteiger partial charge in [0.15, 0.2) is 11.6 Å². The van der Waals surface area contributed by atoms with Gasteiger partial charge in [-0.15, -0.1) is 0 Å². The summed E-state index contributed by atoms with van der Waals surface area (Å²) in [5.41, 5.74) is 2.30. The van der Waals surface area contributed by atoms with Crippen LogP contribution in [0.3, 0.4) is 0 Å². The van der Waals surface area contributed by atoms with Crippen LogP contribution in [0, 0.1) is 0 Å². The van der Waals surface area contributed by atoms with Crippen LogP contribution in [0.15, 0.2) is 121 Å². The molecule has 4 aromatic carbocycles. The Hall–Kier alpha value is -3.94. The van der Waals surface area contributed by atoms with Crippen molar-refractivity contribution in [2.45, 2.75) is 78.8 Å². The summed E-state index contributed by atoms with van der Waals surface area (Å²) in [5, 5.41) is 19.8. The van der Waals surface area contributed by atoms with Crippen LogP contribution in [0.5, 0.6) is 0 Å². The summed E-state index contributed by atoms with van der Waals surface area (Å²) in [5.74, 6) is -0.543. The first-order valence-corrected chi connectivity index (χ1v) is 16.0. The first-order valence-electron chi connectivity index (χ1n) is 16.0. The largest absolute Gasteiger partial charge is 0.381 e. The van der Waals surface area contributed by atoms with Gasteiger partial charge in [0, 0.05) is 24.3 Å². The Morgan fingerprint density at radius 3 is 1.04 bits per heavy atom. The highest BCUT2D eigenvalue weighted by Gasteiger charge is 2.19. The van der Waals surface area contributed by atoms with Gasteiger partial charge in [-0.1, -0.05) is 135 Å². The molecule has 6 heteroatoms. The molecule has 6 nitrogen and oxygen atoms in total. The van der Waals surface area contributed by atoms with Crippen LogP contribution in [0.4, 0.5) is 0 Å². The topological polar surface area (TPSA) is 93.1 Å². The maximum atomic E-state index is 11.9. The second-order valence-electron chi connectivity index (χ2n) is 10.9. The van der Waals surface area contributed by atoms with E-state index >= 15 is 0 Å². The SMILES string of the molecule is CC(C)OC(C)C.CCCOCCC.O=C(c1ccccc1)C(O)c1ccccc1.O=C(c1ccccc1)C(O)c1ccccc1. The Morgan fingerprint density at radius 1 is 0.522 bits per heavy atom. The smallest absolute Gasteiger partial charge is 0.195 e. The van der Waals surface area contributed by atoms with Crippen molar-refractivity contribution in [2.75, 3.05) is 13.2 Å². The van der Waals surface area contributed by atoms with E-state index in [1.54, 1.807) is 97.1 Å². The molecule has 46 heavy (non-hydrogen) atoms. The second kappa shape index (κ2) is 24.3. The Labute approximate surface area is 276 Å². The van der Waals surface area contributed by atoms with Gasteiger partial charge in [0.05, 0.1) is 12.2 Å². The molecule has 0 heterocycles. The molecule has 0 fully saturated rings. The third-order valence-electron chi connectivity index (χ3n) is 6.09. The number of aliphatic hydroxyl groups excluding tert-OH is 2. The molecule has 4 rings (SSSR count). The van der Waals surface area contributed by atoms with Gasteiger partial charge >= 0.3 is 0 Å². The molecular formula is C40H52O6. The monoisotopic (exact) mass is 628 g/mol.